The Bertz CT molecular complexity index is 755. The summed E-state index contributed by atoms with van der Waals surface area (Å²) in [5.74, 6) is -1.32. The van der Waals surface area contributed by atoms with Gasteiger partial charge in [0.15, 0.2) is 11.8 Å². The first-order valence-corrected chi connectivity index (χ1v) is 6.93. The first kappa shape index (κ1) is 14.5. The van der Waals surface area contributed by atoms with E-state index < -0.39 is 12.1 Å². The number of carbonyl (C=O) groups is 2. The Kier molecular flexibility index (Phi) is 3.53. The number of aromatic nitrogens is 3. The molecule has 8 nitrogen and oxygen atoms in total. The second-order valence-electron chi connectivity index (χ2n) is 5.26. The highest BCUT2D eigenvalue weighted by Gasteiger charge is 2.30. The molecule has 2 aromatic rings. The van der Waals surface area contributed by atoms with Gasteiger partial charge >= 0.3 is 5.97 Å². The number of ether oxygens (including phenoxy) is 1. The Morgan fingerprint density at radius 3 is 2.91 bits per heavy atom. The van der Waals surface area contributed by atoms with Crippen LogP contribution in [0.25, 0.3) is 5.65 Å². The van der Waals surface area contributed by atoms with Crippen LogP contribution in [0.3, 0.4) is 0 Å². The Morgan fingerprint density at radius 1 is 1.41 bits per heavy atom. The van der Waals surface area contributed by atoms with Crippen LogP contribution in [0, 0.1) is 13.8 Å². The predicted molar refractivity (Wildman–Crippen MR) is 75.7 cm³/mol. The smallest absolute Gasteiger partial charge is 0.334 e. The summed E-state index contributed by atoms with van der Waals surface area (Å²) < 4.78 is 6.76. The van der Waals surface area contributed by atoms with Crippen LogP contribution in [0.5, 0.6) is 0 Å². The molecular formula is C14H16N4O4. The standard InChI is InChI=1S/C14H16N4O4/c1-8-5-12-15-6-10(9(2)18(12)16-8)13(19)17-3-4-22-11(7-17)14(20)21/h5-6,11H,3-4,7H2,1-2H3,(H,20,21). The molecule has 1 unspecified atom stereocenters. The van der Waals surface area contributed by atoms with Gasteiger partial charge in [0.2, 0.25) is 0 Å². The van der Waals surface area contributed by atoms with Crippen LogP contribution >= 0.6 is 0 Å². The van der Waals surface area contributed by atoms with Gasteiger partial charge in [-0.05, 0) is 13.8 Å². The molecule has 0 aliphatic carbocycles. The van der Waals surface area contributed by atoms with Crippen molar-refractivity contribution in [3.63, 3.8) is 0 Å². The molecule has 1 aliphatic heterocycles. The Balaban J connectivity index is 1.91. The van der Waals surface area contributed by atoms with Crippen LogP contribution < -0.4 is 0 Å². The average molecular weight is 304 g/mol. The maximum Gasteiger partial charge on any atom is 0.334 e. The third kappa shape index (κ3) is 2.41. The van der Waals surface area contributed by atoms with Gasteiger partial charge in [-0.3, -0.25) is 4.79 Å². The molecule has 0 spiro atoms. The number of carboxylic acid groups (broad SMARTS) is 1. The predicted octanol–water partition coefficient (Wildman–Crippen LogP) is 0.272. The van der Waals surface area contributed by atoms with Crippen LogP contribution in [-0.2, 0) is 9.53 Å². The van der Waals surface area contributed by atoms with Crippen molar-refractivity contribution < 1.29 is 19.4 Å². The number of nitrogens with zero attached hydrogens (tertiary/aromatic N) is 4. The number of morpholine rings is 1. The number of amides is 1. The minimum Gasteiger partial charge on any atom is -0.479 e. The maximum absolute atomic E-state index is 12.6. The van der Waals surface area contributed by atoms with E-state index in [1.54, 1.807) is 11.4 Å². The van der Waals surface area contributed by atoms with Crippen LogP contribution in [0.1, 0.15) is 21.7 Å². The zero-order valence-corrected chi connectivity index (χ0v) is 12.3. The second kappa shape index (κ2) is 5.38. The normalized spacial score (nSPS) is 18.6. The number of fused-ring (bicyclic) bond motifs is 1. The van der Waals surface area contributed by atoms with Crippen molar-refractivity contribution in [3.05, 3.63) is 29.2 Å². The number of carbonyl (C=O) groups excluding carboxylic acids is 1. The quantitative estimate of drug-likeness (QED) is 0.855. The van der Waals surface area contributed by atoms with Gasteiger partial charge in [-0.25, -0.2) is 14.3 Å². The van der Waals surface area contributed by atoms with E-state index in [2.05, 4.69) is 10.1 Å². The minimum atomic E-state index is -1.06. The third-order valence-electron chi connectivity index (χ3n) is 3.71. The zero-order valence-electron chi connectivity index (χ0n) is 12.3. The molecule has 0 aromatic carbocycles. The van der Waals surface area contributed by atoms with Crippen molar-refractivity contribution in [1.82, 2.24) is 19.5 Å². The Hall–Kier alpha value is -2.48. The number of carboxylic acids is 1. The summed E-state index contributed by atoms with van der Waals surface area (Å²) in [5, 5.41) is 13.3. The fourth-order valence-corrected chi connectivity index (χ4v) is 2.53. The molecule has 8 heteroatoms. The minimum absolute atomic E-state index is 0.0315. The van der Waals surface area contributed by atoms with E-state index in [1.807, 2.05) is 13.0 Å². The van der Waals surface area contributed by atoms with Crippen LogP contribution in [-0.4, -0.2) is 62.3 Å². The number of aliphatic carboxylic acids is 1. The Labute approximate surface area is 126 Å². The molecule has 1 N–H and O–H groups in total. The fourth-order valence-electron chi connectivity index (χ4n) is 2.53. The molecule has 0 bridgehead atoms. The maximum atomic E-state index is 12.6. The van der Waals surface area contributed by atoms with E-state index in [1.165, 1.54) is 11.1 Å². The summed E-state index contributed by atoms with van der Waals surface area (Å²) in [5.41, 5.74) is 2.59. The summed E-state index contributed by atoms with van der Waals surface area (Å²) in [6.45, 7) is 4.25. The summed E-state index contributed by atoms with van der Waals surface area (Å²) in [6.07, 6.45) is 0.529. The zero-order chi connectivity index (χ0) is 15.9. The summed E-state index contributed by atoms with van der Waals surface area (Å²) in [4.78, 5) is 29.4. The van der Waals surface area contributed by atoms with Crippen molar-refractivity contribution in [3.8, 4) is 0 Å². The van der Waals surface area contributed by atoms with Gasteiger partial charge in [-0.15, -0.1) is 0 Å². The SMILES string of the molecule is Cc1cc2ncc(C(=O)N3CCOC(C(=O)O)C3)c(C)n2n1. The third-order valence-corrected chi connectivity index (χ3v) is 3.71. The van der Waals surface area contributed by atoms with Crippen molar-refractivity contribution >= 4 is 17.5 Å². The van der Waals surface area contributed by atoms with E-state index in [9.17, 15) is 9.59 Å². The molecule has 1 atom stereocenters. The molecule has 116 valence electrons. The van der Waals surface area contributed by atoms with Gasteiger partial charge in [0, 0.05) is 18.8 Å². The van der Waals surface area contributed by atoms with Crippen molar-refractivity contribution in [2.75, 3.05) is 19.7 Å². The molecule has 2 aromatic heterocycles. The van der Waals surface area contributed by atoms with E-state index in [0.29, 0.717) is 23.4 Å². The summed E-state index contributed by atoms with van der Waals surface area (Å²) in [7, 11) is 0. The Morgan fingerprint density at radius 2 is 2.18 bits per heavy atom. The van der Waals surface area contributed by atoms with Crippen LogP contribution in [0.2, 0.25) is 0 Å². The number of rotatable bonds is 2. The van der Waals surface area contributed by atoms with E-state index >= 15 is 0 Å². The average Bonchev–Trinajstić information content (AvgIpc) is 2.88. The molecule has 1 saturated heterocycles. The monoisotopic (exact) mass is 304 g/mol. The van der Waals surface area contributed by atoms with E-state index in [-0.39, 0.29) is 19.1 Å². The van der Waals surface area contributed by atoms with Gasteiger partial charge in [-0.2, -0.15) is 5.10 Å². The lowest BCUT2D eigenvalue weighted by atomic mass is 10.2. The molecule has 22 heavy (non-hydrogen) atoms. The molecule has 3 heterocycles. The first-order valence-electron chi connectivity index (χ1n) is 6.93. The van der Waals surface area contributed by atoms with Gasteiger partial charge in [0.25, 0.3) is 5.91 Å². The molecule has 1 aliphatic rings. The topological polar surface area (TPSA) is 97.0 Å². The van der Waals surface area contributed by atoms with Gasteiger partial charge in [0.05, 0.1) is 30.1 Å². The first-order chi connectivity index (χ1) is 10.5. The number of hydrogen-bond donors (Lipinski definition) is 1. The lowest BCUT2D eigenvalue weighted by molar-refractivity contribution is -0.154. The molecule has 0 radical (unpaired) electrons. The van der Waals surface area contributed by atoms with Crippen LogP contribution in [0.4, 0.5) is 0 Å². The number of aryl methyl sites for hydroxylation is 2. The highest BCUT2D eigenvalue weighted by Crippen LogP contribution is 2.15. The lowest BCUT2D eigenvalue weighted by Gasteiger charge is -2.31. The molecule has 0 saturated carbocycles. The van der Waals surface area contributed by atoms with Gasteiger partial charge in [-0.1, -0.05) is 0 Å². The van der Waals surface area contributed by atoms with Crippen molar-refractivity contribution in [1.29, 1.82) is 0 Å². The molecule has 3 rings (SSSR count). The lowest BCUT2D eigenvalue weighted by Crippen LogP contribution is -2.48. The van der Waals surface area contributed by atoms with Crippen LogP contribution in [0.15, 0.2) is 12.3 Å². The highest BCUT2D eigenvalue weighted by atomic mass is 16.5. The second-order valence-corrected chi connectivity index (χ2v) is 5.26. The number of hydrogen-bond acceptors (Lipinski definition) is 5. The highest BCUT2D eigenvalue weighted by molar-refractivity contribution is 5.95. The van der Waals surface area contributed by atoms with E-state index in [4.69, 9.17) is 9.84 Å². The molecule has 1 fully saturated rings. The summed E-state index contributed by atoms with van der Waals surface area (Å²) in [6, 6.07) is 1.83. The van der Waals surface area contributed by atoms with Crippen molar-refractivity contribution in [2.45, 2.75) is 20.0 Å². The molecule has 1 amide bonds. The fraction of sp³-hybridized carbons (Fsp3) is 0.429. The molecular weight excluding hydrogens is 288 g/mol. The van der Waals surface area contributed by atoms with Gasteiger partial charge < -0.3 is 14.7 Å². The summed E-state index contributed by atoms with van der Waals surface area (Å²) >= 11 is 0. The van der Waals surface area contributed by atoms with E-state index in [0.717, 1.165) is 5.69 Å². The van der Waals surface area contributed by atoms with Crippen molar-refractivity contribution in [2.24, 2.45) is 0 Å². The largest absolute Gasteiger partial charge is 0.479 e. The van der Waals surface area contributed by atoms with Gasteiger partial charge in [0.1, 0.15) is 0 Å².